The highest BCUT2D eigenvalue weighted by molar-refractivity contribution is 5.44. The molecule has 3 nitrogen and oxygen atoms in total. The number of benzene rings is 1. The minimum atomic E-state index is 0.295. The first-order chi connectivity index (χ1) is 8.70. The summed E-state index contributed by atoms with van der Waals surface area (Å²) in [5, 5.41) is 3.48. The molecule has 0 saturated carbocycles. The molecule has 0 fully saturated rings. The summed E-state index contributed by atoms with van der Waals surface area (Å²) >= 11 is 0. The summed E-state index contributed by atoms with van der Waals surface area (Å²) in [5.74, 6) is 1.69. The molecule has 0 saturated heterocycles. The van der Waals surface area contributed by atoms with Crippen LogP contribution in [0.5, 0.6) is 11.5 Å². The largest absolute Gasteiger partial charge is 0.486 e. The molecule has 0 aromatic heterocycles. The average molecular weight is 247 g/mol. The van der Waals surface area contributed by atoms with Crippen molar-refractivity contribution >= 4 is 0 Å². The fraction of sp³-hybridized carbons (Fsp3) is 0.467. The molecule has 1 aromatic carbocycles. The lowest BCUT2D eigenvalue weighted by Gasteiger charge is -2.23. The van der Waals surface area contributed by atoms with Gasteiger partial charge in [-0.15, -0.1) is 6.58 Å². The topological polar surface area (TPSA) is 30.5 Å². The van der Waals surface area contributed by atoms with Crippen LogP contribution in [0.1, 0.15) is 31.9 Å². The van der Waals surface area contributed by atoms with Gasteiger partial charge in [-0.2, -0.15) is 0 Å². The van der Waals surface area contributed by atoms with Crippen LogP contribution in [0.15, 0.2) is 30.4 Å². The SMILES string of the molecule is C=C(C)CC(NCC)c1ccc2c(c1)OCCO2. The maximum Gasteiger partial charge on any atom is 0.161 e. The van der Waals surface area contributed by atoms with Crippen LogP contribution in [0.25, 0.3) is 0 Å². The van der Waals surface area contributed by atoms with Crippen molar-refractivity contribution in [3.8, 4) is 11.5 Å². The summed E-state index contributed by atoms with van der Waals surface area (Å²) in [5.41, 5.74) is 2.40. The second-order valence-corrected chi connectivity index (χ2v) is 4.67. The molecular formula is C15H21NO2. The molecular weight excluding hydrogens is 226 g/mol. The molecule has 1 aromatic rings. The van der Waals surface area contributed by atoms with Crippen molar-refractivity contribution in [2.75, 3.05) is 19.8 Å². The minimum Gasteiger partial charge on any atom is -0.486 e. The molecule has 1 aliphatic heterocycles. The van der Waals surface area contributed by atoms with E-state index in [4.69, 9.17) is 9.47 Å². The van der Waals surface area contributed by atoms with E-state index in [1.807, 2.05) is 6.07 Å². The van der Waals surface area contributed by atoms with Gasteiger partial charge in [-0.1, -0.05) is 18.6 Å². The van der Waals surface area contributed by atoms with Gasteiger partial charge in [0.1, 0.15) is 13.2 Å². The van der Waals surface area contributed by atoms with E-state index in [2.05, 4.69) is 37.9 Å². The van der Waals surface area contributed by atoms with Crippen LogP contribution in [-0.4, -0.2) is 19.8 Å². The van der Waals surface area contributed by atoms with E-state index in [1.54, 1.807) is 0 Å². The van der Waals surface area contributed by atoms with Gasteiger partial charge in [0.05, 0.1) is 0 Å². The van der Waals surface area contributed by atoms with Gasteiger partial charge in [-0.05, 0) is 37.6 Å². The summed E-state index contributed by atoms with van der Waals surface area (Å²) in [6, 6.07) is 6.46. The Morgan fingerprint density at radius 1 is 1.33 bits per heavy atom. The normalized spacial score (nSPS) is 15.2. The molecule has 98 valence electrons. The molecule has 0 bridgehead atoms. The van der Waals surface area contributed by atoms with E-state index >= 15 is 0 Å². The van der Waals surface area contributed by atoms with Crippen LogP contribution in [-0.2, 0) is 0 Å². The Hall–Kier alpha value is -1.48. The van der Waals surface area contributed by atoms with Crippen LogP contribution < -0.4 is 14.8 Å². The van der Waals surface area contributed by atoms with Crippen molar-refractivity contribution in [3.05, 3.63) is 35.9 Å². The molecule has 1 atom stereocenters. The number of fused-ring (bicyclic) bond motifs is 1. The second kappa shape index (κ2) is 5.91. The summed E-state index contributed by atoms with van der Waals surface area (Å²) in [7, 11) is 0. The molecule has 0 amide bonds. The third kappa shape index (κ3) is 3.05. The monoisotopic (exact) mass is 247 g/mol. The van der Waals surface area contributed by atoms with E-state index in [0.717, 1.165) is 24.5 Å². The molecule has 0 radical (unpaired) electrons. The Bertz CT molecular complexity index is 429. The van der Waals surface area contributed by atoms with Gasteiger partial charge < -0.3 is 14.8 Å². The van der Waals surface area contributed by atoms with Crippen molar-refractivity contribution in [2.45, 2.75) is 26.3 Å². The summed E-state index contributed by atoms with van der Waals surface area (Å²) in [6.45, 7) is 10.4. The molecule has 0 spiro atoms. The zero-order valence-corrected chi connectivity index (χ0v) is 11.2. The minimum absolute atomic E-state index is 0.295. The van der Waals surface area contributed by atoms with Crippen LogP contribution in [0, 0.1) is 0 Å². The Kier molecular flexibility index (Phi) is 4.26. The lowest BCUT2D eigenvalue weighted by Crippen LogP contribution is -2.22. The predicted molar refractivity (Wildman–Crippen MR) is 73.3 cm³/mol. The lowest BCUT2D eigenvalue weighted by atomic mass is 9.99. The van der Waals surface area contributed by atoms with Crippen molar-refractivity contribution in [2.24, 2.45) is 0 Å². The first-order valence-electron chi connectivity index (χ1n) is 6.48. The third-order valence-electron chi connectivity index (χ3n) is 2.97. The first kappa shape index (κ1) is 13.0. The van der Waals surface area contributed by atoms with Gasteiger partial charge >= 0.3 is 0 Å². The van der Waals surface area contributed by atoms with Crippen LogP contribution in [0.4, 0.5) is 0 Å². The summed E-state index contributed by atoms with van der Waals surface area (Å²) < 4.78 is 11.2. The van der Waals surface area contributed by atoms with Gasteiger partial charge in [0.2, 0.25) is 0 Å². The highest BCUT2D eigenvalue weighted by Gasteiger charge is 2.16. The van der Waals surface area contributed by atoms with E-state index in [0.29, 0.717) is 19.3 Å². The first-order valence-corrected chi connectivity index (χ1v) is 6.48. The number of hydrogen-bond donors (Lipinski definition) is 1. The van der Waals surface area contributed by atoms with E-state index in [-0.39, 0.29) is 0 Å². The van der Waals surface area contributed by atoms with Crippen molar-refractivity contribution < 1.29 is 9.47 Å². The van der Waals surface area contributed by atoms with E-state index in [1.165, 1.54) is 11.1 Å². The standard InChI is InChI=1S/C15H21NO2/c1-4-16-13(9-11(2)3)12-5-6-14-15(10-12)18-8-7-17-14/h5-6,10,13,16H,2,4,7-9H2,1,3H3. The molecule has 18 heavy (non-hydrogen) atoms. The molecule has 3 heteroatoms. The maximum absolute atomic E-state index is 5.62. The highest BCUT2D eigenvalue weighted by Crippen LogP contribution is 2.33. The quantitative estimate of drug-likeness (QED) is 0.811. The Morgan fingerprint density at radius 2 is 2.06 bits per heavy atom. The number of hydrogen-bond acceptors (Lipinski definition) is 3. The lowest BCUT2D eigenvalue weighted by molar-refractivity contribution is 0.171. The maximum atomic E-state index is 5.62. The van der Waals surface area contributed by atoms with Crippen molar-refractivity contribution in [1.82, 2.24) is 5.32 Å². The smallest absolute Gasteiger partial charge is 0.161 e. The van der Waals surface area contributed by atoms with Gasteiger partial charge in [0.25, 0.3) is 0 Å². The molecule has 1 N–H and O–H groups in total. The predicted octanol–water partition coefficient (Wildman–Crippen LogP) is 3.07. The Labute approximate surface area is 109 Å². The molecule has 1 heterocycles. The number of rotatable bonds is 5. The second-order valence-electron chi connectivity index (χ2n) is 4.67. The molecule has 1 aliphatic rings. The average Bonchev–Trinajstić information content (AvgIpc) is 2.37. The van der Waals surface area contributed by atoms with Gasteiger partial charge in [-0.25, -0.2) is 0 Å². The van der Waals surface area contributed by atoms with E-state index in [9.17, 15) is 0 Å². The molecule has 0 aliphatic carbocycles. The van der Waals surface area contributed by atoms with Crippen molar-refractivity contribution in [1.29, 1.82) is 0 Å². The zero-order valence-electron chi connectivity index (χ0n) is 11.2. The van der Waals surface area contributed by atoms with Gasteiger partial charge in [0, 0.05) is 6.04 Å². The van der Waals surface area contributed by atoms with Crippen LogP contribution in [0.3, 0.4) is 0 Å². The zero-order chi connectivity index (χ0) is 13.0. The Morgan fingerprint density at radius 3 is 2.72 bits per heavy atom. The fourth-order valence-electron chi connectivity index (χ4n) is 2.18. The van der Waals surface area contributed by atoms with E-state index < -0.39 is 0 Å². The highest BCUT2D eigenvalue weighted by atomic mass is 16.6. The number of ether oxygens (including phenoxy) is 2. The van der Waals surface area contributed by atoms with Gasteiger partial charge in [0.15, 0.2) is 11.5 Å². The van der Waals surface area contributed by atoms with Crippen LogP contribution in [0.2, 0.25) is 0 Å². The summed E-state index contributed by atoms with van der Waals surface area (Å²) in [4.78, 5) is 0. The number of nitrogens with one attached hydrogen (secondary N) is 1. The fourth-order valence-corrected chi connectivity index (χ4v) is 2.18. The molecule has 2 rings (SSSR count). The molecule has 1 unspecified atom stereocenters. The third-order valence-corrected chi connectivity index (χ3v) is 2.97. The Balaban J connectivity index is 2.21. The van der Waals surface area contributed by atoms with Crippen molar-refractivity contribution in [3.63, 3.8) is 0 Å². The van der Waals surface area contributed by atoms with Gasteiger partial charge in [-0.3, -0.25) is 0 Å². The van der Waals surface area contributed by atoms with Crippen LogP contribution >= 0.6 is 0 Å². The summed E-state index contributed by atoms with van der Waals surface area (Å²) in [6.07, 6.45) is 0.938.